The summed E-state index contributed by atoms with van der Waals surface area (Å²) in [5.41, 5.74) is 1.07. The normalized spacial score (nSPS) is 25.0. The highest BCUT2D eigenvalue weighted by Gasteiger charge is 2.33. The third-order valence-electron chi connectivity index (χ3n) is 5.98. The number of anilines is 2. The van der Waals surface area contributed by atoms with Gasteiger partial charge in [0.05, 0.1) is 18.7 Å². The first-order valence-electron chi connectivity index (χ1n) is 10.0. The van der Waals surface area contributed by atoms with Gasteiger partial charge < -0.3 is 20.4 Å². The van der Waals surface area contributed by atoms with Crippen molar-refractivity contribution in [2.75, 3.05) is 36.9 Å². The molecule has 142 valence electrons. The minimum atomic E-state index is 0.180. The summed E-state index contributed by atoms with van der Waals surface area (Å²) in [7, 11) is 1.95. The molecule has 2 fully saturated rings. The molecule has 1 amide bonds. The second-order valence-corrected chi connectivity index (χ2v) is 7.88. The van der Waals surface area contributed by atoms with Gasteiger partial charge >= 0.3 is 0 Å². The van der Waals surface area contributed by atoms with Crippen LogP contribution in [0.2, 0.25) is 0 Å². The third kappa shape index (κ3) is 3.63. The highest BCUT2D eigenvalue weighted by molar-refractivity contribution is 5.84. The molecule has 0 aromatic carbocycles. The molecule has 0 bridgehead atoms. The Kier molecular flexibility index (Phi) is 5.24. The van der Waals surface area contributed by atoms with Gasteiger partial charge in [0.2, 0.25) is 5.91 Å². The molecule has 1 saturated heterocycles. The van der Waals surface area contributed by atoms with Crippen molar-refractivity contribution in [3.8, 4) is 0 Å². The molecule has 4 rings (SSSR count). The monoisotopic (exact) mass is 358 g/mol. The van der Waals surface area contributed by atoms with E-state index in [0.29, 0.717) is 19.1 Å². The van der Waals surface area contributed by atoms with Gasteiger partial charge in [0.1, 0.15) is 18.0 Å². The maximum Gasteiger partial charge on any atom is 0.242 e. The number of hydrogen-bond donors (Lipinski definition) is 2. The lowest BCUT2D eigenvalue weighted by atomic mass is 10.1. The van der Waals surface area contributed by atoms with E-state index in [0.717, 1.165) is 36.7 Å². The van der Waals surface area contributed by atoms with Crippen LogP contribution in [0.5, 0.6) is 0 Å². The van der Waals surface area contributed by atoms with Gasteiger partial charge in [-0.15, -0.1) is 0 Å². The van der Waals surface area contributed by atoms with E-state index in [1.165, 1.54) is 38.5 Å². The van der Waals surface area contributed by atoms with Gasteiger partial charge in [0.15, 0.2) is 0 Å². The number of likely N-dealkylation sites (N-methyl/N-ethyl adjacent to an activating group) is 1. The molecule has 7 heteroatoms. The van der Waals surface area contributed by atoms with Gasteiger partial charge in [0, 0.05) is 25.7 Å². The number of carbonyl (C=O) groups is 1. The van der Waals surface area contributed by atoms with Gasteiger partial charge in [-0.05, 0) is 25.8 Å². The predicted octanol–water partition coefficient (Wildman–Crippen LogP) is 1.75. The Hall–Kier alpha value is -1.89. The van der Waals surface area contributed by atoms with E-state index in [1.54, 1.807) is 6.33 Å². The van der Waals surface area contributed by atoms with Crippen LogP contribution in [0, 0.1) is 0 Å². The number of hydrogen-bond acceptors (Lipinski definition) is 6. The van der Waals surface area contributed by atoms with E-state index in [9.17, 15) is 4.79 Å². The van der Waals surface area contributed by atoms with E-state index >= 15 is 0 Å². The lowest BCUT2D eigenvalue weighted by Crippen LogP contribution is -2.43. The van der Waals surface area contributed by atoms with E-state index < -0.39 is 0 Å². The van der Waals surface area contributed by atoms with Crippen molar-refractivity contribution in [2.45, 2.75) is 63.6 Å². The number of aromatic nitrogens is 2. The quantitative estimate of drug-likeness (QED) is 0.802. The van der Waals surface area contributed by atoms with Crippen LogP contribution in [0.15, 0.2) is 6.33 Å². The number of nitrogens with one attached hydrogen (secondary N) is 2. The number of amides is 1. The maximum atomic E-state index is 12.8. The molecule has 3 aliphatic rings. The van der Waals surface area contributed by atoms with Crippen molar-refractivity contribution in [1.82, 2.24) is 20.2 Å². The van der Waals surface area contributed by atoms with Gasteiger partial charge in [-0.3, -0.25) is 4.79 Å². The van der Waals surface area contributed by atoms with Crippen molar-refractivity contribution in [2.24, 2.45) is 0 Å². The Morgan fingerprint density at radius 1 is 1.12 bits per heavy atom. The second kappa shape index (κ2) is 7.78. The average molecular weight is 358 g/mol. The standard InChI is InChI=1S/C19H30N6O/c1-24-12-17(26)25(15-8-9-20-10-15)11-16-18(21-13-22-19(16)24)23-14-6-4-2-3-5-7-14/h13-15,20H,2-12H2,1H3,(H,21,22,23). The first-order valence-corrected chi connectivity index (χ1v) is 10.0. The summed E-state index contributed by atoms with van der Waals surface area (Å²) in [6.45, 7) is 2.84. The van der Waals surface area contributed by atoms with E-state index in [1.807, 2.05) is 16.8 Å². The smallest absolute Gasteiger partial charge is 0.242 e. The number of fused-ring (bicyclic) bond motifs is 1. The fraction of sp³-hybridized carbons (Fsp3) is 0.737. The minimum absolute atomic E-state index is 0.180. The lowest BCUT2D eigenvalue weighted by Gasteiger charge is -2.28. The minimum Gasteiger partial charge on any atom is -0.367 e. The van der Waals surface area contributed by atoms with Gasteiger partial charge in [0.25, 0.3) is 0 Å². The highest BCUT2D eigenvalue weighted by Crippen LogP contribution is 2.30. The maximum absolute atomic E-state index is 12.8. The molecule has 0 spiro atoms. The summed E-state index contributed by atoms with van der Waals surface area (Å²) in [4.78, 5) is 25.9. The molecular weight excluding hydrogens is 328 g/mol. The summed E-state index contributed by atoms with van der Waals surface area (Å²) < 4.78 is 0. The topological polar surface area (TPSA) is 73.4 Å². The fourth-order valence-electron chi connectivity index (χ4n) is 4.48. The summed E-state index contributed by atoms with van der Waals surface area (Å²) in [6.07, 6.45) is 10.3. The lowest BCUT2D eigenvalue weighted by molar-refractivity contribution is -0.132. The summed E-state index contributed by atoms with van der Waals surface area (Å²) in [5, 5.41) is 7.07. The van der Waals surface area contributed by atoms with Crippen LogP contribution >= 0.6 is 0 Å². The fourth-order valence-corrected chi connectivity index (χ4v) is 4.48. The first-order chi connectivity index (χ1) is 12.7. The van der Waals surface area contributed by atoms with Crippen LogP contribution in [-0.2, 0) is 11.3 Å². The summed E-state index contributed by atoms with van der Waals surface area (Å²) in [5.74, 6) is 1.98. The first kappa shape index (κ1) is 17.5. The Morgan fingerprint density at radius 3 is 2.65 bits per heavy atom. The van der Waals surface area contributed by atoms with Gasteiger partial charge in [-0.25, -0.2) is 9.97 Å². The second-order valence-electron chi connectivity index (χ2n) is 7.88. The van der Waals surface area contributed by atoms with Crippen molar-refractivity contribution >= 4 is 17.5 Å². The van der Waals surface area contributed by atoms with E-state index in [2.05, 4.69) is 20.6 Å². The van der Waals surface area contributed by atoms with Crippen molar-refractivity contribution in [3.05, 3.63) is 11.9 Å². The molecule has 1 aliphatic carbocycles. The molecular formula is C19H30N6O. The molecule has 7 nitrogen and oxygen atoms in total. The van der Waals surface area contributed by atoms with Crippen molar-refractivity contribution in [3.63, 3.8) is 0 Å². The Balaban J connectivity index is 1.61. The SMILES string of the molecule is CN1CC(=O)N(C2CCNC2)Cc2c(NC3CCCCCC3)ncnc21. The number of carbonyl (C=O) groups excluding carboxylic acids is 1. The molecule has 0 radical (unpaired) electrons. The molecule has 26 heavy (non-hydrogen) atoms. The number of nitrogens with zero attached hydrogens (tertiary/aromatic N) is 4. The molecule has 2 N–H and O–H groups in total. The Labute approximate surface area is 155 Å². The van der Waals surface area contributed by atoms with Gasteiger partial charge in [-0.1, -0.05) is 25.7 Å². The van der Waals surface area contributed by atoms with Crippen LogP contribution in [0.3, 0.4) is 0 Å². The summed E-state index contributed by atoms with van der Waals surface area (Å²) >= 11 is 0. The van der Waals surface area contributed by atoms with Gasteiger partial charge in [-0.2, -0.15) is 0 Å². The molecule has 3 heterocycles. The Bertz CT molecular complexity index is 637. The molecule has 1 aromatic heterocycles. The summed E-state index contributed by atoms with van der Waals surface area (Å²) in [6, 6.07) is 0.746. The molecule has 1 saturated carbocycles. The Morgan fingerprint density at radius 2 is 1.92 bits per heavy atom. The van der Waals surface area contributed by atoms with Crippen LogP contribution in [0.4, 0.5) is 11.6 Å². The molecule has 2 aliphatic heterocycles. The zero-order valence-corrected chi connectivity index (χ0v) is 15.7. The van der Waals surface area contributed by atoms with Crippen LogP contribution in [0.1, 0.15) is 50.5 Å². The van der Waals surface area contributed by atoms with E-state index in [-0.39, 0.29) is 11.9 Å². The largest absolute Gasteiger partial charge is 0.367 e. The molecule has 1 aromatic rings. The average Bonchev–Trinajstić information content (AvgIpc) is 2.99. The van der Waals surface area contributed by atoms with Crippen molar-refractivity contribution < 1.29 is 4.79 Å². The number of rotatable bonds is 3. The zero-order valence-electron chi connectivity index (χ0n) is 15.7. The van der Waals surface area contributed by atoms with Crippen LogP contribution in [-0.4, -0.2) is 59.5 Å². The zero-order chi connectivity index (χ0) is 17.9. The van der Waals surface area contributed by atoms with E-state index in [4.69, 9.17) is 0 Å². The van der Waals surface area contributed by atoms with Crippen LogP contribution in [0.25, 0.3) is 0 Å². The molecule has 1 unspecified atom stereocenters. The molecule has 1 atom stereocenters. The highest BCUT2D eigenvalue weighted by atomic mass is 16.2. The van der Waals surface area contributed by atoms with Crippen LogP contribution < -0.4 is 15.5 Å². The van der Waals surface area contributed by atoms with Crippen molar-refractivity contribution in [1.29, 1.82) is 0 Å². The predicted molar refractivity (Wildman–Crippen MR) is 102 cm³/mol. The third-order valence-corrected chi connectivity index (χ3v) is 5.98.